The van der Waals surface area contributed by atoms with Gasteiger partial charge in [0.1, 0.15) is 12.7 Å². The lowest BCUT2D eigenvalue weighted by Gasteiger charge is -2.24. The Hall–Kier alpha value is -0.950. The first-order valence-corrected chi connectivity index (χ1v) is 4.49. The van der Waals surface area contributed by atoms with E-state index >= 15 is 0 Å². The zero-order valence-corrected chi connectivity index (χ0v) is 8.55. The summed E-state index contributed by atoms with van der Waals surface area (Å²) in [5.74, 6) is -3.47. The third-order valence-electron chi connectivity index (χ3n) is 1.62. The van der Waals surface area contributed by atoms with Crippen LogP contribution < -0.4 is 0 Å². The van der Waals surface area contributed by atoms with Gasteiger partial charge in [-0.05, 0) is 6.42 Å². The van der Waals surface area contributed by atoms with Crippen molar-refractivity contribution in [3.05, 3.63) is 12.7 Å². The third kappa shape index (κ3) is 6.19. The van der Waals surface area contributed by atoms with Crippen LogP contribution in [-0.2, 0) is 14.3 Å². The van der Waals surface area contributed by atoms with E-state index in [0.29, 0.717) is 0 Å². The second-order valence-corrected chi connectivity index (χ2v) is 2.83. The van der Waals surface area contributed by atoms with E-state index in [2.05, 4.69) is 11.3 Å². The maximum atomic E-state index is 10.6. The lowest BCUT2D eigenvalue weighted by Crippen LogP contribution is -2.43. The number of ether oxygens (including phenoxy) is 2. The van der Waals surface area contributed by atoms with Crippen molar-refractivity contribution in [2.75, 3.05) is 13.2 Å². The molecule has 0 bridgehead atoms. The van der Waals surface area contributed by atoms with Crippen LogP contribution in [0.2, 0.25) is 0 Å². The van der Waals surface area contributed by atoms with E-state index in [0.717, 1.165) is 6.08 Å². The van der Waals surface area contributed by atoms with Gasteiger partial charge in [-0.15, -0.1) is 0 Å². The summed E-state index contributed by atoms with van der Waals surface area (Å²) in [7, 11) is 0. The highest BCUT2D eigenvalue weighted by molar-refractivity contribution is 5.81. The number of carbonyl (C=O) groups is 1. The van der Waals surface area contributed by atoms with Crippen molar-refractivity contribution in [1.82, 2.24) is 0 Å². The Morgan fingerprint density at radius 1 is 1.47 bits per heavy atom. The van der Waals surface area contributed by atoms with Crippen LogP contribution >= 0.6 is 0 Å². The van der Waals surface area contributed by atoms with Crippen molar-refractivity contribution in [2.45, 2.75) is 25.4 Å². The van der Waals surface area contributed by atoms with E-state index in [9.17, 15) is 4.79 Å². The molecule has 0 heterocycles. The highest BCUT2D eigenvalue weighted by atomic mass is 16.7. The van der Waals surface area contributed by atoms with Gasteiger partial charge in [-0.25, -0.2) is 4.79 Å². The number of rotatable bonds is 7. The minimum Gasteiger partial charge on any atom is -0.460 e. The first kappa shape index (κ1) is 14.1. The van der Waals surface area contributed by atoms with Gasteiger partial charge < -0.3 is 24.8 Å². The fraction of sp³-hybridized carbons (Fsp3) is 0.667. The Labute approximate surface area is 87.7 Å². The van der Waals surface area contributed by atoms with Gasteiger partial charge >= 0.3 is 11.9 Å². The molecule has 1 unspecified atom stereocenters. The quantitative estimate of drug-likeness (QED) is 0.224. The van der Waals surface area contributed by atoms with E-state index in [1.165, 1.54) is 0 Å². The molecule has 0 aliphatic heterocycles. The van der Waals surface area contributed by atoms with Crippen LogP contribution in [0, 0.1) is 0 Å². The molecule has 0 aromatic heterocycles. The van der Waals surface area contributed by atoms with Gasteiger partial charge in [0.25, 0.3) is 0 Å². The van der Waals surface area contributed by atoms with Crippen molar-refractivity contribution in [3.63, 3.8) is 0 Å². The summed E-state index contributed by atoms with van der Waals surface area (Å²) in [5, 5.41) is 26.4. The molecule has 0 aromatic rings. The standard InChI is InChI=1S/C9H16O6/c1-3-7(9(11,12)13)14-5-6-15-8(10)4-2/h4,7,11-13H,2-3,5-6H2,1H3. The monoisotopic (exact) mass is 220 g/mol. The van der Waals surface area contributed by atoms with Crippen molar-refractivity contribution in [2.24, 2.45) is 0 Å². The molecule has 0 radical (unpaired) electrons. The summed E-state index contributed by atoms with van der Waals surface area (Å²) in [6.45, 7) is 4.72. The van der Waals surface area contributed by atoms with Crippen LogP contribution in [0.4, 0.5) is 0 Å². The smallest absolute Gasteiger partial charge is 0.330 e. The third-order valence-corrected chi connectivity index (χ3v) is 1.62. The van der Waals surface area contributed by atoms with E-state index in [4.69, 9.17) is 20.1 Å². The van der Waals surface area contributed by atoms with Crippen LogP contribution in [0.15, 0.2) is 12.7 Å². The summed E-state index contributed by atoms with van der Waals surface area (Å²) < 4.78 is 9.46. The number of carbonyl (C=O) groups excluding carboxylic acids is 1. The van der Waals surface area contributed by atoms with Crippen molar-refractivity contribution in [3.8, 4) is 0 Å². The Morgan fingerprint density at radius 3 is 2.47 bits per heavy atom. The van der Waals surface area contributed by atoms with Gasteiger partial charge in [0.05, 0.1) is 6.61 Å². The fourth-order valence-corrected chi connectivity index (χ4v) is 0.895. The van der Waals surface area contributed by atoms with Crippen LogP contribution in [0.3, 0.4) is 0 Å². The Bertz CT molecular complexity index is 207. The Morgan fingerprint density at radius 2 is 2.07 bits per heavy atom. The van der Waals surface area contributed by atoms with E-state index in [-0.39, 0.29) is 19.6 Å². The largest absolute Gasteiger partial charge is 0.460 e. The first-order valence-electron chi connectivity index (χ1n) is 4.49. The highest BCUT2D eigenvalue weighted by Crippen LogP contribution is 2.10. The number of aliphatic hydroxyl groups is 3. The molecule has 0 aliphatic rings. The number of esters is 1. The SMILES string of the molecule is C=CC(=O)OCCOC(CC)C(O)(O)O. The molecule has 6 nitrogen and oxygen atoms in total. The predicted molar refractivity (Wildman–Crippen MR) is 50.6 cm³/mol. The molecule has 6 heteroatoms. The number of hydrogen-bond donors (Lipinski definition) is 3. The summed E-state index contributed by atoms with van der Waals surface area (Å²) in [4.78, 5) is 10.6. The zero-order valence-electron chi connectivity index (χ0n) is 8.55. The molecule has 88 valence electrons. The van der Waals surface area contributed by atoms with Gasteiger partial charge in [-0.2, -0.15) is 0 Å². The predicted octanol–water partition coefficient (Wildman–Crippen LogP) is -0.858. The molecule has 0 aliphatic carbocycles. The van der Waals surface area contributed by atoms with Crippen molar-refractivity contribution < 1.29 is 29.6 Å². The normalized spacial score (nSPS) is 13.3. The second kappa shape index (κ2) is 6.52. The highest BCUT2D eigenvalue weighted by Gasteiger charge is 2.31. The molecule has 0 amide bonds. The Kier molecular flexibility index (Phi) is 6.11. The van der Waals surface area contributed by atoms with E-state index in [1.54, 1.807) is 6.92 Å². The van der Waals surface area contributed by atoms with Crippen molar-refractivity contribution in [1.29, 1.82) is 0 Å². The lowest BCUT2D eigenvalue weighted by atomic mass is 10.2. The van der Waals surface area contributed by atoms with Gasteiger partial charge in [0, 0.05) is 6.08 Å². The molecular weight excluding hydrogens is 204 g/mol. The van der Waals surface area contributed by atoms with Gasteiger partial charge in [-0.3, -0.25) is 0 Å². The molecule has 0 saturated carbocycles. The van der Waals surface area contributed by atoms with Crippen LogP contribution in [0.25, 0.3) is 0 Å². The van der Waals surface area contributed by atoms with Gasteiger partial charge in [0.15, 0.2) is 0 Å². The summed E-state index contributed by atoms with van der Waals surface area (Å²) in [6.07, 6.45) is 0.0740. The molecule has 0 aromatic carbocycles. The van der Waals surface area contributed by atoms with Gasteiger partial charge in [0.2, 0.25) is 0 Å². The first-order chi connectivity index (χ1) is 6.91. The summed E-state index contributed by atoms with van der Waals surface area (Å²) >= 11 is 0. The molecular formula is C9H16O6. The average molecular weight is 220 g/mol. The molecule has 0 spiro atoms. The lowest BCUT2D eigenvalue weighted by molar-refractivity contribution is -0.361. The molecule has 0 rings (SSSR count). The van der Waals surface area contributed by atoms with E-state index < -0.39 is 18.0 Å². The fourth-order valence-electron chi connectivity index (χ4n) is 0.895. The summed E-state index contributed by atoms with van der Waals surface area (Å²) in [5.41, 5.74) is 0. The minimum atomic E-state index is -2.88. The Balaban J connectivity index is 3.74. The maximum absolute atomic E-state index is 10.6. The zero-order chi connectivity index (χ0) is 11.9. The average Bonchev–Trinajstić information content (AvgIpc) is 2.15. The second-order valence-electron chi connectivity index (χ2n) is 2.83. The number of hydrogen-bond acceptors (Lipinski definition) is 6. The van der Waals surface area contributed by atoms with Crippen LogP contribution in [0.5, 0.6) is 0 Å². The molecule has 15 heavy (non-hydrogen) atoms. The minimum absolute atomic E-state index is 0.0402. The maximum Gasteiger partial charge on any atom is 0.330 e. The van der Waals surface area contributed by atoms with E-state index in [1.807, 2.05) is 0 Å². The topological polar surface area (TPSA) is 96.2 Å². The molecule has 1 atom stereocenters. The van der Waals surface area contributed by atoms with Crippen LogP contribution in [0.1, 0.15) is 13.3 Å². The molecule has 0 fully saturated rings. The van der Waals surface area contributed by atoms with Crippen molar-refractivity contribution >= 4 is 5.97 Å². The van der Waals surface area contributed by atoms with Gasteiger partial charge in [-0.1, -0.05) is 13.5 Å². The van der Waals surface area contributed by atoms with Crippen LogP contribution in [-0.4, -0.2) is 46.6 Å². The molecule has 0 saturated heterocycles. The summed E-state index contributed by atoms with van der Waals surface area (Å²) in [6, 6.07) is 0. The molecule has 3 N–H and O–H groups in total.